The number of rotatable bonds is 6. The average Bonchev–Trinajstić information content (AvgIpc) is 3.28. The molecule has 2 atom stereocenters. The number of carbonyl (C=O) groups excluding carboxylic acids is 1. The summed E-state index contributed by atoms with van der Waals surface area (Å²) in [7, 11) is 1.89. The van der Waals surface area contributed by atoms with Gasteiger partial charge in [0.1, 0.15) is 6.04 Å². The largest absolute Gasteiger partial charge is 0.337 e. The van der Waals surface area contributed by atoms with E-state index in [1.807, 2.05) is 24.3 Å². The highest BCUT2D eigenvalue weighted by Crippen LogP contribution is 2.31. The summed E-state index contributed by atoms with van der Waals surface area (Å²) in [6, 6.07) is -0.0829. The van der Waals surface area contributed by atoms with Crippen molar-refractivity contribution in [3.05, 3.63) is 29.7 Å². The van der Waals surface area contributed by atoms with E-state index in [0.717, 1.165) is 43.6 Å². The molecule has 0 aromatic carbocycles. The molecule has 0 bridgehead atoms. The lowest BCUT2D eigenvalue weighted by molar-refractivity contribution is -0.135. The number of amides is 1. The first-order valence-corrected chi connectivity index (χ1v) is 9.19. The van der Waals surface area contributed by atoms with E-state index < -0.39 is 0 Å². The number of hydrogen-bond acceptors (Lipinski definition) is 5. The predicted octanol–water partition coefficient (Wildman–Crippen LogP) is 3.00. The van der Waals surface area contributed by atoms with Gasteiger partial charge in [-0.3, -0.25) is 9.48 Å². The average molecular weight is 345 g/mol. The van der Waals surface area contributed by atoms with Crippen molar-refractivity contribution in [2.24, 2.45) is 7.05 Å². The Bertz CT molecular complexity index is 708. The van der Waals surface area contributed by atoms with E-state index in [1.165, 1.54) is 0 Å². The van der Waals surface area contributed by atoms with Crippen LogP contribution in [0.25, 0.3) is 0 Å². The molecule has 1 fully saturated rings. The zero-order valence-corrected chi connectivity index (χ0v) is 15.3. The first-order chi connectivity index (χ1) is 12.1. The van der Waals surface area contributed by atoms with Crippen molar-refractivity contribution in [2.75, 3.05) is 6.54 Å². The number of hydrogen-bond donors (Lipinski definition) is 0. The molecule has 0 aliphatic carbocycles. The van der Waals surface area contributed by atoms with Crippen molar-refractivity contribution in [3.63, 3.8) is 0 Å². The highest BCUT2D eigenvalue weighted by molar-refractivity contribution is 5.77. The van der Waals surface area contributed by atoms with Crippen LogP contribution in [-0.2, 0) is 18.3 Å². The molecule has 2 aromatic rings. The van der Waals surface area contributed by atoms with Gasteiger partial charge in [0.15, 0.2) is 5.82 Å². The molecule has 1 aliphatic rings. The van der Waals surface area contributed by atoms with Gasteiger partial charge in [-0.1, -0.05) is 19.0 Å². The SMILES string of the molecule is CCC(C)c1noc(C2CCCCN2C(=O)CCc2cnn(C)c2)n1. The van der Waals surface area contributed by atoms with Crippen molar-refractivity contribution in [3.8, 4) is 0 Å². The molecule has 1 amide bonds. The maximum Gasteiger partial charge on any atom is 0.249 e. The van der Waals surface area contributed by atoms with E-state index >= 15 is 0 Å². The molecular weight excluding hydrogens is 318 g/mol. The fourth-order valence-electron chi connectivity index (χ4n) is 3.25. The summed E-state index contributed by atoms with van der Waals surface area (Å²) >= 11 is 0. The Morgan fingerprint density at radius 3 is 3.00 bits per heavy atom. The van der Waals surface area contributed by atoms with Crippen LogP contribution >= 0.6 is 0 Å². The molecule has 0 radical (unpaired) electrons. The van der Waals surface area contributed by atoms with E-state index in [-0.39, 0.29) is 17.9 Å². The van der Waals surface area contributed by atoms with Crippen LogP contribution in [0.2, 0.25) is 0 Å². The van der Waals surface area contributed by atoms with Crippen LogP contribution in [0, 0.1) is 0 Å². The molecule has 3 rings (SSSR count). The Balaban J connectivity index is 1.67. The van der Waals surface area contributed by atoms with Crippen molar-refractivity contribution in [1.29, 1.82) is 0 Å². The Labute approximate surface area is 148 Å². The van der Waals surface area contributed by atoms with Crippen LogP contribution in [0.5, 0.6) is 0 Å². The number of likely N-dealkylation sites (tertiary alicyclic amines) is 1. The number of piperidine rings is 1. The maximum atomic E-state index is 12.8. The van der Waals surface area contributed by atoms with E-state index in [1.54, 1.807) is 4.68 Å². The van der Waals surface area contributed by atoms with Gasteiger partial charge in [0.2, 0.25) is 11.8 Å². The molecule has 0 spiro atoms. The number of aryl methyl sites for hydroxylation is 2. The molecule has 136 valence electrons. The van der Waals surface area contributed by atoms with E-state index in [2.05, 4.69) is 29.1 Å². The summed E-state index contributed by atoms with van der Waals surface area (Å²) in [4.78, 5) is 19.3. The van der Waals surface area contributed by atoms with E-state index in [0.29, 0.717) is 18.7 Å². The topological polar surface area (TPSA) is 77.0 Å². The van der Waals surface area contributed by atoms with Gasteiger partial charge in [-0.15, -0.1) is 0 Å². The number of carbonyl (C=O) groups is 1. The van der Waals surface area contributed by atoms with E-state index in [9.17, 15) is 4.79 Å². The molecule has 0 N–H and O–H groups in total. The Hall–Kier alpha value is -2.18. The third-order valence-corrected chi connectivity index (χ3v) is 5.00. The minimum absolute atomic E-state index is 0.0829. The minimum atomic E-state index is -0.0829. The Morgan fingerprint density at radius 1 is 1.44 bits per heavy atom. The Kier molecular flexibility index (Phi) is 5.50. The summed E-state index contributed by atoms with van der Waals surface area (Å²) in [6.45, 7) is 4.96. The van der Waals surface area contributed by atoms with Crippen molar-refractivity contribution < 1.29 is 9.32 Å². The lowest BCUT2D eigenvalue weighted by atomic mass is 10.0. The first-order valence-electron chi connectivity index (χ1n) is 9.19. The van der Waals surface area contributed by atoms with Crippen LogP contribution in [0.1, 0.15) is 75.2 Å². The number of aromatic nitrogens is 4. The van der Waals surface area contributed by atoms with Crippen LogP contribution < -0.4 is 0 Å². The minimum Gasteiger partial charge on any atom is -0.337 e. The summed E-state index contributed by atoms with van der Waals surface area (Å²) in [5, 5.41) is 8.27. The standard InChI is InChI=1S/C18H27N5O2/c1-4-13(2)17-20-18(25-21-17)15-7-5-6-10-23(15)16(24)9-8-14-11-19-22(3)12-14/h11-13,15H,4-10H2,1-3H3. The monoisotopic (exact) mass is 345 g/mol. The van der Waals surface area contributed by atoms with Crippen molar-refractivity contribution in [2.45, 2.75) is 64.3 Å². The molecule has 2 unspecified atom stereocenters. The zero-order valence-electron chi connectivity index (χ0n) is 15.3. The van der Waals surface area contributed by atoms with Crippen LogP contribution in [0.3, 0.4) is 0 Å². The predicted molar refractivity (Wildman–Crippen MR) is 92.8 cm³/mol. The first kappa shape index (κ1) is 17.6. The molecule has 25 heavy (non-hydrogen) atoms. The molecule has 0 saturated carbocycles. The van der Waals surface area contributed by atoms with Crippen LogP contribution in [0.15, 0.2) is 16.9 Å². The molecular formula is C18H27N5O2. The molecule has 7 heteroatoms. The van der Waals surface area contributed by atoms with Gasteiger partial charge in [-0.25, -0.2) is 0 Å². The third kappa shape index (κ3) is 4.08. The molecule has 1 saturated heterocycles. The van der Waals surface area contributed by atoms with Crippen LogP contribution in [0.4, 0.5) is 0 Å². The lowest BCUT2D eigenvalue weighted by Gasteiger charge is -2.33. The quantitative estimate of drug-likeness (QED) is 0.804. The fraction of sp³-hybridized carbons (Fsp3) is 0.667. The summed E-state index contributed by atoms with van der Waals surface area (Å²) in [5.41, 5.74) is 1.08. The second kappa shape index (κ2) is 7.80. The highest BCUT2D eigenvalue weighted by atomic mass is 16.5. The van der Waals surface area contributed by atoms with Gasteiger partial charge in [-0.05, 0) is 37.7 Å². The fourth-order valence-corrected chi connectivity index (χ4v) is 3.25. The third-order valence-electron chi connectivity index (χ3n) is 5.00. The molecule has 3 heterocycles. The van der Waals surface area contributed by atoms with Gasteiger partial charge in [-0.2, -0.15) is 10.1 Å². The highest BCUT2D eigenvalue weighted by Gasteiger charge is 2.32. The smallest absolute Gasteiger partial charge is 0.249 e. The lowest BCUT2D eigenvalue weighted by Crippen LogP contribution is -2.38. The summed E-state index contributed by atoms with van der Waals surface area (Å²) < 4.78 is 7.27. The van der Waals surface area contributed by atoms with Crippen molar-refractivity contribution >= 4 is 5.91 Å². The summed E-state index contributed by atoms with van der Waals surface area (Å²) in [6.07, 6.45) is 8.93. The second-order valence-electron chi connectivity index (χ2n) is 6.92. The van der Waals surface area contributed by atoms with Gasteiger partial charge >= 0.3 is 0 Å². The Morgan fingerprint density at radius 2 is 2.28 bits per heavy atom. The van der Waals surface area contributed by atoms with Gasteiger partial charge < -0.3 is 9.42 Å². The molecule has 2 aromatic heterocycles. The van der Waals surface area contributed by atoms with Gasteiger partial charge in [0.25, 0.3) is 0 Å². The molecule has 1 aliphatic heterocycles. The number of nitrogens with zero attached hydrogens (tertiary/aromatic N) is 5. The maximum absolute atomic E-state index is 12.8. The molecule has 7 nitrogen and oxygen atoms in total. The summed E-state index contributed by atoms with van der Waals surface area (Å²) in [5.74, 6) is 1.75. The van der Waals surface area contributed by atoms with Gasteiger partial charge in [0.05, 0.1) is 6.20 Å². The second-order valence-corrected chi connectivity index (χ2v) is 6.92. The van der Waals surface area contributed by atoms with Crippen molar-refractivity contribution in [1.82, 2.24) is 24.8 Å². The normalized spacial score (nSPS) is 19.2. The van der Waals surface area contributed by atoms with Gasteiger partial charge in [0, 0.05) is 32.1 Å². The van der Waals surface area contributed by atoms with E-state index in [4.69, 9.17) is 4.52 Å². The zero-order chi connectivity index (χ0) is 17.8. The van der Waals surface area contributed by atoms with Crippen LogP contribution in [-0.4, -0.2) is 37.3 Å².